The van der Waals surface area contributed by atoms with Crippen LogP contribution in [0.5, 0.6) is 0 Å². The summed E-state index contributed by atoms with van der Waals surface area (Å²) in [6.45, 7) is 8.45. The van der Waals surface area contributed by atoms with E-state index >= 15 is 0 Å². The van der Waals surface area contributed by atoms with Gasteiger partial charge in [-0.25, -0.2) is 0 Å². The van der Waals surface area contributed by atoms with E-state index < -0.39 is 0 Å². The third-order valence-electron chi connectivity index (χ3n) is 3.88. The molecule has 0 aromatic rings. The third-order valence-corrected chi connectivity index (χ3v) is 3.88. The van der Waals surface area contributed by atoms with Crippen LogP contribution in [0.1, 0.15) is 104 Å². The Bertz CT molecular complexity index is 182. The van der Waals surface area contributed by atoms with Gasteiger partial charge in [0.1, 0.15) is 0 Å². The average Bonchev–Trinajstić information content (AvgIpc) is 2.49. The lowest BCUT2D eigenvalue weighted by molar-refractivity contribution is -0.147. The molecule has 0 amide bonds. The van der Waals surface area contributed by atoms with Crippen LogP contribution in [-0.4, -0.2) is 19.5 Å². The fourth-order valence-electron chi connectivity index (χ4n) is 2.47. The molecule has 0 saturated heterocycles. The second-order valence-corrected chi connectivity index (χ2v) is 6.14. The molecule has 0 bridgehead atoms. The highest BCUT2D eigenvalue weighted by atomic mass is 16.7. The van der Waals surface area contributed by atoms with Crippen LogP contribution in [0.3, 0.4) is 0 Å². The number of ether oxygens (including phenoxy) is 2. The van der Waals surface area contributed by atoms with Gasteiger partial charge in [0.05, 0.1) is 0 Å². The Labute approximate surface area is 134 Å². The van der Waals surface area contributed by atoms with Gasteiger partial charge in [0.25, 0.3) is 0 Å². The zero-order valence-electron chi connectivity index (χ0n) is 15.0. The van der Waals surface area contributed by atoms with Gasteiger partial charge in [0.15, 0.2) is 6.29 Å². The summed E-state index contributed by atoms with van der Waals surface area (Å²) < 4.78 is 11.8. The predicted molar refractivity (Wildman–Crippen MR) is 92.7 cm³/mol. The minimum atomic E-state index is 0.0387. The molecule has 0 N–H and O–H groups in total. The largest absolute Gasteiger partial charge is 0.353 e. The van der Waals surface area contributed by atoms with Crippen molar-refractivity contribution in [1.29, 1.82) is 0 Å². The molecule has 21 heavy (non-hydrogen) atoms. The summed E-state index contributed by atoms with van der Waals surface area (Å²) in [5.41, 5.74) is 0. The maximum Gasteiger partial charge on any atom is 0.157 e. The van der Waals surface area contributed by atoms with Crippen molar-refractivity contribution in [3.8, 4) is 0 Å². The zero-order valence-corrected chi connectivity index (χ0v) is 15.0. The van der Waals surface area contributed by atoms with Crippen LogP contribution in [0.25, 0.3) is 0 Å². The van der Waals surface area contributed by atoms with Crippen molar-refractivity contribution in [2.45, 2.75) is 111 Å². The Morgan fingerprint density at radius 2 is 0.952 bits per heavy atom. The molecule has 1 unspecified atom stereocenters. The molecule has 0 heterocycles. The molecule has 0 aromatic carbocycles. The minimum absolute atomic E-state index is 0.0387. The summed E-state index contributed by atoms with van der Waals surface area (Å²) in [6.07, 6.45) is 16.6. The molecule has 1 atom stereocenters. The molecule has 0 rings (SSSR count). The van der Waals surface area contributed by atoms with Crippen molar-refractivity contribution in [3.05, 3.63) is 0 Å². The van der Waals surface area contributed by atoms with Crippen LogP contribution in [-0.2, 0) is 9.47 Å². The number of hydrogen-bond acceptors (Lipinski definition) is 2. The minimum Gasteiger partial charge on any atom is -0.353 e. The van der Waals surface area contributed by atoms with Gasteiger partial charge in [-0.3, -0.25) is 0 Å². The van der Waals surface area contributed by atoms with Gasteiger partial charge < -0.3 is 9.47 Å². The molecule has 0 aliphatic heterocycles. The maximum atomic E-state index is 5.89. The van der Waals surface area contributed by atoms with Crippen LogP contribution in [0.15, 0.2) is 0 Å². The standard InChI is InChI=1S/C19H40O2/c1-4-7-9-11-13-15-18-21-19(16-6-3)20-17-14-12-10-8-5-2/h19H,4-18H2,1-3H3. The van der Waals surface area contributed by atoms with Gasteiger partial charge in [0.2, 0.25) is 0 Å². The van der Waals surface area contributed by atoms with E-state index in [1.54, 1.807) is 0 Å². The van der Waals surface area contributed by atoms with Crippen LogP contribution in [0.4, 0.5) is 0 Å². The van der Waals surface area contributed by atoms with E-state index in [2.05, 4.69) is 20.8 Å². The van der Waals surface area contributed by atoms with Crippen LogP contribution < -0.4 is 0 Å². The van der Waals surface area contributed by atoms with Gasteiger partial charge >= 0.3 is 0 Å². The summed E-state index contributed by atoms with van der Waals surface area (Å²) in [4.78, 5) is 0. The molecule has 0 saturated carbocycles. The quantitative estimate of drug-likeness (QED) is 0.226. The van der Waals surface area contributed by atoms with Gasteiger partial charge in [-0.05, 0) is 19.3 Å². The normalized spacial score (nSPS) is 12.7. The lowest BCUT2D eigenvalue weighted by atomic mass is 10.1. The van der Waals surface area contributed by atoms with Crippen molar-refractivity contribution in [1.82, 2.24) is 0 Å². The van der Waals surface area contributed by atoms with E-state index in [-0.39, 0.29) is 6.29 Å². The summed E-state index contributed by atoms with van der Waals surface area (Å²) in [6, 6.07) is 0. The second-order valence-electron chi connectivity index (χ2n) is 6.14. The SMILES string of the molecule is CCCCCCCCOC(CCC)OCCCCCCC. The van der Waals surface area contributed by atoms with Gasteiger partial charge in [-0.1, -0.05) is 85.0 Å². The molecule has 0 aliphatic carbocycles. The smallest absolute Gasteiger partial charge is 0.157 e. The first-order valence-corrected chi connectivity index (χ1v) is 9.58. The summed E-state index contributed by atoms with van der Waals surface area (Å²) >= 11 is 0. The van der Waals surface area contributed by atoms with E-state index in [4.69, 9.17) is 9.47 Å². The Kier molecular flexibility index (Phi) is 17.9. The van der Waals surface area contributed by atoms with E-state index in [0.717, 1.165) is 26.1 Å². The zero-order chi connectivity index (χ0) is 15.6. The number of rotatable bonds is 17. The van der Waals surface area contributed by atoms with E-state index in [1.807, 2.05) is 0 Å². The third kappa shape index (κ3) is 16.1. The van der Waals surface area contributed by atoms with Crippen molar-refractivity contribution >= 4 is 0 Å². The number of unbranched alkanes of at least 4 members (excludes halogenated alkanes) is 9. The maximum absolute atomic E-state index is 5.89. The molecular formula is C19H40O2. The summed E-state index contributed by atoms with van der Waals surface area (Å²) in [7, 11) is 0. The fraction of sp³-hybridized carbons (Fsp3) is 1.00. The van der Waals surface area contributed by atoms with Crippen LogP contribution in [0, 0.1) is 0 Å². The molecule has 0 radical (unpaired) electrons. The highest BCUT2D eigenvalue weighted by Gasteiger charge is 2.07. The van der Waals surface area contributed by atoms with Gasteiger partial charge in [-0.15, -0.1) is 0 Å². The molecule has 0 aromatic heterocycles. The summed E-state index contributed by atoms with van der Waals surface area (Å²) in [5.74, 6) is 0. The first-order valence-electron chi connectivity index (χ1n) is 9.58. The summed E-state index contributed by atoms with van der Waals surface area (Å²) in [5, 5.41) is 0. The molecule has 2 heteroatoms. The molecule has 128 valence electrons. The second kappa shape index (κ2) is 18.0. The fourth-order valence-corrected chi connectivity index (χ4v) is 2.47. The Hall–Kier alpha value is -0.0800. The van der Waals surface area contributed by atoms with E-state index in [1.165, 1.54) is 70.6 Å². The molecular weight excluding hydrogens is 260 g/mol. The Morgan fingerprint density at radius 3 is 1.38 bits per heavy atom. The molecule has 0 aliphatic rings. The van der Waals surface area contributed by atoms with E-state index in [0.29, 0.717) is 0 Å². The molecule has 2 nitrogen and oxygen atoms in total. The Morgan fingerprint density at radius 1 is 0.524 bits per heavy atom. The van der Waals surface area contributed by atoms with Crippen LogP contribution >= 0.6 is 0 Å². The monoisotopic (exact) mass is 300 g/mol. The topological polar surface area (TPSA) is 18.5 Å². The average molecular weight is 301 g/mol. The highest BCUT2D eigenvalue weighted by Crippen LogP contribution is 2.10. The Balaban J connectivity index is 3.44. The van der Waals surface area contributed by atoms with Gasteiger partial charge in [0, 0.05) is 13.2 Å². The van der Waals surface area contributed by atoms with Crippen molar-refractivity contribution in [3.63, 3.8) is 0 Å². The molecule has 0 fully saturated rings. The van der Waals surface area contributed by atoms with Crippen molar-refractivity contribution in [2.75, 3.05) is 13.2 Å². The lowest BCUT2D eigenvalue weighted by Gasteiger charge is -2.18. The van der Waals surface area contributed by atoms with E-state index in [9.17, 15) is 0 Å². The van der Waals surface area contributed by atoms with Crippen molar-refractivity contribution < 1.29 is 9.47 Å². The highest BCUT2D eigenvalue weighted by molar-refractivity contribution is 4.48. The van der Waals surface area contributed by atoms with Crippen molar-refractivity contribution in [2.24, 2.45) is 0 Å². The van der Waals surface area contributed by atoms with Gasteiger partial charge in [-0.2, -0.15) is 0 Å². The number of hydrogen-bond donors (Lipinski definition) is 0. The first-order chi connectivity index (χ1) is 10.3. The van der Waals surface area contributed by atoms with Crippen LogP contribution in [0.2, 0.25) is 0 Å². The first kappa shape index (κ1) is 20.9. The lowest BCUT2D eigenvalue weighted by Crippen LogP contribution is -2.18. The predicted octanol–water partition coefficient (Wildman–Crippen LogP) is 6.48. The molecule has 0 spiro atoms.